The van der Waals surface area contributed by atoms with Crippen LogP contribution in [0.1, 0.15) is 5.56 Å². The van der Waals surface area contributed by atoms with Crippen molar-refractivity contribution < 1.29 is 14.6 Å². The zero-order valence-corrected chi connectivity index (χ0v) is 12.9. The van der Waals surface area contributed by atoms with Crippen LogP contribution in [0.5, 0.6) is 17.2 Å². The van der Waals surface area contributed by atoms with Crippen LogP contribution in [0.15, 0.2) is 40.9 Å². The van der Waals surface area contributed by atoms with E-state index in [1.165, 1.54) is 14.2 Å². The smallest absolute Gasteiger partial charge is 0.200 e. The van der Waals surface area contributed by atoms with Gasteiger partial charge in [0.15, 0.2) is 11.5 Å². The van der Waals surface area contributed by atoms with Gasteiger partial charge in [-0.25, -0.2) is 0 Å². The van der Waals surface area contributed by atoms with Gasteiger partial charge in [-0.2, -0.15) is 0 Å². The fourth-order valence-corrected chi connectivity index (χ4v) is 2.25. The lowest BCUT2D eigenvalue weighted by Gasteiger charge is -2.12. The molecular formula is C15H16BrNO3. The van der Waals surface area contributed by atoms with E-state index in [2.05, 4.69) is 21.2 Å². The van der Waals surface area contributed by atoms with E-state index in [1.807, 2.05) is 24.3 Å². The molecule has 0 atom stereocenters. The van der Waals surface area contributed by atoms with Crippen LogP contribution < -0.4 is 14.8 Å². The number of benzene rings is 2. The van der Waals surface area contributed by atoms with E-state index in [4.69, 9.17) is 9.47 Å². The summed E-state index contributed by atoms with van der Waals surface area (Å²) in [6.45, 7) is 0.601. The van der Waals surface area contributed by atoms with Gasteiger partial charge in [-0.05, 0) is 35.9 Å². The van der Waals surface area contributed by atoms with Crippen molar-refractivity contribution >= 4 is 21.6 Å². The second-order valence-electron chi connectivity index (χ2n) is 4.21. The predicted octanol–water partition coefficient (Wildman–Crippen LogP) is 3.78. The standard InChI is InChI=1S/C15H16BrNO3/c1-19-13-6-10(7-14(20-2)15(13)18)9-17-12-5-3-4-11(16)8-12/h3-8,17-18H,9H2,1-2H3. The van der Waals surface area contributed by atoms with Crippen LogP contribution in [0, 0.1) is 0 Å². The summed E-state index contributed by atoms with van der Waals surface area (Å²) in [5, 5.41) is 13.2. The zero-order chi connectivity index (χ0) is 14.5. The lowest BCUT2D eigenvalue weighted by Crippen LogP contribution is -2.00. The van der Waals surface area contributed by atoms with Gasteiger partial charge in [-0.1, -0.05) is 22.0 Å². The highest BCUT2D eigenvalue weighted by atomic mass is 79.9. The first kappa shape index (κ1) is 14.5. The molecule has 106 valence electrons. The molecule has 0 unspecified atom stereocenters. The molecule has 0 heterocycles. The van der Waals surface area contributed by atoms with Crippen LogP contribution in [-0.2, 0) is 6.54 Å². The van der Waals surface area contributed by atoms with Gasteiger partial charge in [0.25, 0.3) is 0 Å². The Bertz CT molecular complexity index is 576. The number of hydrogen-bond donors (Lipinski definition) is 2. The summed E-state index contributed by atoms with van der Waals surface area (Å²) in [6.07, 6.45) is 0. The summed E-state index contributed by atoms with van der Waals surface area (Å²) in [5.41, 5.74) is 1.96. The van der Waals surface area contributed by atoms with Crippen LogP contribution >= 0.6 is 15.9 Å². The summed E-state index contributed by atoms with van der Waals surface area (Å²) in [7, 11) is 3.03. The molecule has 0 aliphatic rings. The molecule has 4 nitrogen and oxygen atoms in total. The van der Waals surface area contributed by atoms with Gasteiger partial charge in [-0.3, -0.25) is 0 Å². The Balaban J connectivity index is 2.17. The van der Waals surface area contributed by atoms with Crippen molar-refractivity contribution in [3.63, 3.8) is 0 Å². The van der Waals surface area contributed by atoms with E-state index in [-0.39, 0.29) is 5.75 Å². The van der Waals surface area contributed by atoms with Crippen molar-refractivity contribution in [3.05, 3.63) is 46.4 Å². The van der Waals surface area contributed by atoms with Crippen LogP contribution in [0.3, 0.4) is 0 Å². The average Bonchev–Trinajstić information content (AvgIpc) is 2.46. The van der Waals surface area contributed by atoms with E-state index < -0.39 is 0 Å². The molecule has 0 amide bonds. The van der Waals surface area contributed by atoms with E-state index in [0.29, 0.717) is 18.0 Å². The van der Waals surface area contributed by atoms with Crippen molar-refractivity contribution in [1.82, 2.24) is 0 Å². The lowest BCUT2D eigenvalue weighted by atomic mass is 10.1. The molecule has 0 saturated carbocycles. The second-order valence-corrected chi connectivity index (χ2v) is 5.13. The number of aromatic hydroxyl groups is 1. The van der Waals surface area contributed by atoms with Crippen LogP contribution in [0.25, 0.3) is 0 Å². The summed E-state index contributed by atoms with van der Waals surface area (Å²) in [5.74, 6) is 0.812. The highest BCUT2D eigenvalue weighted by molar-refractivity contribution is 9.10. The zero-order valence-electron chi connectivity index (χ0n) is 11.3. The maximum atomic E-state index is 9.86. The minimum Gasteiger partial charge on any atom is -0.502 e. The molecule has 0 bridgehead atoms. The quantitative estimate of drug-likeness (QED) is 0.871. The van der Waals surface area contributed by atoms with Crippen LogP contribution in [0.2, 0.25) is 0 Å². The van der Waals surface area contributed by atoms with Crippen molar-refractivity contribution in [2.24, 2.45) is 0 Å². The third kappa shape index (κ3) is 3.36. The molecule has 2 N–H and O–H groups in total. The first-order valence-corrected chi connectivity index (χ1v) is 6.86. The van der Waals surface area contributed by atoms with E-state index in [9.17, 15) is 5.11 Å². The van der Waals surface area contributed by atoms with Gasteiger partial charge in [0.1, 0.15) is 0 Å². The molecule has 0 aliphatic heterocycles. The molecule has 2 aromatic rings. The molecule has 0 fully saturated rings. The van der Waals surface area contributed by atoms with E-state index in [0.717, 1.165) is 15.7 Å². The second kappa shape index (κ2) is 6.52. The fraction of sp³-hybridized carbons (Fsp3) is 0.200. The summed E-state index contributed by atoms with van der Waals surface area (Å²) < 4.78 is 11.3. The molecule has 0 aromatic heterocycles. The van der Waals surface area contributed by atoms with Gasteiger partial charge in [0, 0.05) is 16.7 Å². The molecule has 0 aliphatic carbocycles. The Morgan fingerprint density at radius 3 is 2.30 bits per heavy atom. The minimum absolute atomic E-state index is 0.0150. The maximum Gasteiger partial charge on any atom is 0.200 e. The number of rotatable bonds is 5. The molecule has 0 saturated heterocycles. The third-order valence-corrected chi connectivity index (χ3v) is 3.35. The Hall–Kier alpha value is -1.88. The molecule has 2 aromatic carbocycles. The highest BCUT2D eigenvalue weighted by Crippen LogP contribution is 2.37. The van der Waals surface area contributed by atoms with Crippen molar-refractivity contribution in [3.8, 4) is 17.2 Å². The van der Waals surface area contributed by atoms with Gasteiger partial charge < -0.3 is 19.9 Å². The predicted molar refractivity (Wildman–Crippen MR) is 82.7 cm³/mol. The molecular weight excluding hydrogens is 322 g/mol. The molecule has 0 radical (unpaired) electrons. The summed E-state index contributed by atoms with van der Waals surface area (Å²) >= 11 is 3.43. The van der Waals surface area contributed by atoms with Crippen molar-refractivity contribution in [1.29, 1.82) is 0 Å². The molecule has 2 rings (SSSR count). The fourth-order valence-electron chi connectivity index (χ4n) is 1.85. The van der Waals surface area contributed by atoms with Crippen molar-refractivity contribution in [2.45, 2.75) is 6.54 Å². The number of anilines is 1. The number of hydrogen-bond acceptors (Lipinski definition) is 4. The number of halogens is 1. The summed E-state index contributed by atoms with van der Waals surface area (Å²) in [6, 6.07) is 11.5. The van der Waals surface area contributed by atoms with Gasteiger partial charge in [-0.15, -0.1) is 0 Å². The largest absolute Gasteiger partial charge is 0.502 e. The number of ether oxygens (including phenoxy) is 2. The maximum absolute atomic E-state index is 9.86. The molecule has 20 heavy (non-hydrogen) atoms. The van der Waals surface area contributed by atoms with Gasteiger partial charge >= 0.3 is 0 Å². The normalized spacial score (nSPS) is 10.2. The first-order valence-electron chi connectivity index (χ1n) is 6.07. The van der Waals surface area contributed by atoms with Gasteiger partial charge in [0.05, 0.1) is 14.2 Å². The molecule has 5 heteroatoms. The van der Waals surface area contributed by atoms with Crippen LogP contribution in [0.4, 0.5) is 5.69 Å². The lowest BCUT2D eigenvalue weighted by molar-refractivity contribution is 0.339. The third-order valence-electron chi connectivity index (χ3n) is 2.86. The Morgan fingerprint density at radius 1 is 1.10 bits per heavy atom. The Morgan fingerprint density at radius 2 is 1.75 bits per heavy atom. The van der Waals surface area contributed by atoms with Crippen molar-refractivity contribution in [2.75, 3.05) is 19.5 Å². The number of nitrogens with one attached hydrogen (secondary N) is 1. The van der Waals surface area contributed by atoms with E-state index >= 15 is 0 Å². The topological polar surface area (TPSA) is 50.7 Å². The number of methoxy groups -OCH3 is 2. The highest BCUT2D eigenvalue weighted by Gasteiger charge is 2.10. The Labute approximate surface area is 126 Å². The first-order chi connectivity index (χ1) is 9.63. The average molecular weight is 338 g/mol. The Kier molecular flexibility index (Phi) is 4.74. The SMILES string of the molecule is COc1cc(CNc2cccc(Br)c2)cc(OC)c1O. The van der Waals surface area contributed by atoms with E-state index in [1.54, 1.807) is 12.1 Å². The van der Waals surface area contributed by atoms with Gasteiger partial charge in [0.2, 0.25) is 5.75 Å². The molecule has 0 spiro atoms. The van der Waals surface area contributed by atoms with Crippen LogP contribution in [-0.4, -0.2) is 19.3 Å². The minimum atomic E-state index is 0.0150. The monoisotopic (exact) mass is 337 g/mol. The summed E-state index contributed by atoms with van der Waals surface area (Å²) in [4.78, 5) is 0. The number of phenols is 1. The number of phenolic OH excluding ortho intramolecular Hbond substituents is 1.